The smallest absolute Gasteiger partial charge is 0.328 e. The number of carbonyl (C=O) groups excluding carboxylic acids is 2. The average Bonchev–Trinajstić information content (AvgIpc) is 3.47. The summed E-state index contributed by atoms with van der Waals surface area (Å²) in [5.41, 5.74) is 1.55. The Balaban J connectivity index is 1.47. The number of amides is 1. The van der Waals surface area contributed by atoms with Gasteiger partial charge in [0.15, 0.2) is 6.61 Å². The molecule has 148 valence electrons. The maximum Gasteiger partial charge on any atom is 0.328 e. The number of halogens is 1. The van der Waals surface area contributed by atoms with Crippen LogP contribution in [0.1, 0.15) is 23.8 Å². The quantitative estimate of drug-likeness (QED) is 0.565. The molecule has 11 heteroatoms. The Morgan fingerprint density at radius 3 is 2.76 bits per heavy atom. The molecule has 1 unspecified atom stereocenters. The van der Waals surface area contributed by atoms with Gasteiger partial charge in [0.25, 0.3) is 5.91 Å². The van der Waals surface area contributed by atoms with Crippen molar-refractivity contribution in [1.29, 1.82) is 0 Å². The summed E-state index contributed by atoms with van der Waals surface area (Å²) in [7, 11) is 0. The second-order valence-corrected chi connectivity index (χ2v) is 6.63. The maximum atomic E-state index is 12.7. The molecule has 0 saturated heterocycles. The highest BCUT2D eigenvalue weighted by Gasteiger charge is 2.35. The van der Waals surface area contributed by atoms with Gasteiger partial charge in [0.1, 0.15) is 24.7 Å². The molecule has 0 saturated carbocycles. The molecule has 4 rings (SSSR count). The molecule has 1 atom stereocenters. The first-order valence-electron chi connectivity index (χ1n) is 8.65. The molecule has 0 bridgehead atoms. The number of tetrazole rings is 1. The van der Waals surface area contributed by atoms with Gasteiger partial charge in [-0.3, -0.25) is 9.59 Å². The van der Waals surface area contributed by atoms with Gasteiger partial charge < -0.3 is 9.15 Å². The van der Waals surface area contributed by atoms with E-state index in [2.05, 4.69) is 20.6 Å². The van der Waals surface area contributed by atoms with Gasteiger partial charge in [0.2, 0.25) is 0 Å². The number of carbonyl (C=O) groups is 2. The van der Waals surface area contributed by atoms with Gasteiger partial charge >= 0.3 is 5.97 Å². The molecule has 0 radical (unpaired) electrons. The zero-order chi connectivity index (χ0) is 20.2. The van der Waals surface area contributed by atoms with E-state index in [0.717, 1.165) is 5.56 Å². The molecule has 0 fully saturated rings. The molecule has 1 amide bonds. The minimum atomic E-state index is -0.638. The van der Waals surface area contributed by atoms with Crippen LogP contribution in [-0.2, 0) is 20.9 Å². The molecule has 1 aliphatic heterocycles. The van der Waals surface area contributed by atoms with Crippen molar-refractivity contribution in [3.8, 4) is 0 Å². The normalized spacial score (nSPS) is 16.0. The highest BCUT2D eigenvalue weighted by atomic mass is 35.5. The maximum absolute atomic E-state index is 12.7. The minimum Gasteiger partial charge on any atom is -0.467 e. The molecule has 3 aromatic rings. The van der Waals surface area contributed by atoms with E-state index in [4.69, 9.17) is 20.8 Å². The van der Waals surface area contributed by atoms with Crippen molar-refractivity contribution in [3.63, 3.8) is 0 Å². The molecule has 29 heavy (non-hydrogen) atoms. The molecular weight excluding hydrogens is 400 g/mol. The van der Waals surface area contributed by atoms with Crippen LogP contribution in [0.2, 0.25) is 5.02 Å². The van der Waals surface area contributed by atoms with E-state index < -0.39 is 24.5 Å². The van der Waals surface area contributed by atoms with Crippen molar-refractivity contribution in [2.45, 2.75) is 19.0 Å². The van der Waals surface area contributed by atoms with Crippen LogP contribution in [0.3, 0.4) is 0 Å². The lowest BCUT2D eigenvalue weighted by Gasteiger charge is -2.19. The second-order valence-electron chi connectivity index (χ2n) is 6.20. The molecule has 0 spiro atoms. The zero-order valence-electron chi connectivity index (χ0n) is 15.0. The lowest BCUT2D eigenvalue weighted by atomic mass is 10.0. The Hall–Kier alpha value is -3.53. The summed E-state index contributed by atoms with van der Waals surface area (Å²) in [4.78, 5) is 24.6. The first kappa shape index (κ1) is 18.8. The van der Waals surface area contributed by atoms with Gasteiger partial charge in [-0.2, -0.15) is 5.10 Å². The van der Waals surface area contributed by atoms with E-state index in [1.807, 2.05) is 12.1 Å². The highest BCUT2D eigenvalue weighted by Crippen LogP contribution is 2.33. The number of furan rings is 1. The number of nitrogens with zero attached hydrogens (tertiary/aromatic N) is 6. The lowest BCUT2D eigenvalue weighted by Crippen LogP contribution is -2.31. The molecule has 3 heterocycles. The van der Waals surface area contributed by atoms with Crippen LogP contribution in [0.25, 0.3) is 0 Å². The van der Waals surface area contributed by atoms with Crippen molar-refractivity contribution < 1.29 is 18.7 Å². The Kier molecular flexibility index (Phi) is 5.34. The fourth-order valence-corrected chi connectivity index (χ4v) is 3.02. The van der Waals surface area contributed by atoms with E-state index in [1.54, 1.807) is 24.3 Å². The first-order chi connectivity index (χ1) is 14.1. The lowest BCUT2D eigenvalue weighted by molar-refractivity contribution is -0.153. The van der Waals surface area contributed by atoms with Gasteiger partial charge in [-0.15, -0.1) is 5.10 Å². The third-order valence-electron chi connectivity index (χ3n) is 4.25. The Labute approximate surface area is 169 Å². The number of hydrogen-bond acceptors (Lipinski definition) is 8. The summed E-state index contributed by atoms with van der Waals surface area (Å²) in [6.07, 6.45) is 3.27. The van der Waals surface area contributed by atoms with Crippen molar-refractivity contribution >= 4 is 29.2 Å². The van der Waals surface area contributed by atoms with Crippen molar-refractivity contribution in [2.75, 3.05) is 6.61 Å². The second kappa shape index (κ2) is 8.23. The number of hydrogen-bond donors (Lipinski definition) is 0. The van der Waals surface area contributed by atoms with E-state index in [-0.39, 0.29) is 6.54 Å². The first-order valence-corrected chi connectivity index (χ1v) is 9.03. The molecule has 2 aromatic heterocycles. The topological polar surface area (TPSA) is 116 Å². The summed E-state index contributed by atoms with van der Waals surface area (Å²) in [5.74, 6) is -0.521. The zero-order valence-corrected chi connectivity index (χ0v) is 15.8. The number of hydrazone groups is 1. The van der Waals surface area contributed by atoms with Crippen LogP contribution in [0.15, 0.2) is 58.5 Å². The van der Waals surface area contributed by atoms with E-state index >= 15 is 0 Å². The highest BCUT2D eigenvalue weighted by molar-refractivity contribution is 6.30. The van der Waals surface area contributed by atoms with Crippen molar-refractivity contribution in [3.05, 3.63) is 65.3 Å². The Morgan fingerprint density at radius 2 is 2.07 bits per heavy atom. The molecule has 0 N–H and O–H groups in total. The summed E-state index contributed by atoms with van der Waals surface area (Å²) in [6.45, 7) is -0.656. The summed E-state index contributed by atoms with van der Waals surface area (Å²) in [6, 6.07) is 10.3. The fraction of sp³-hybridized carbons (Fsp3) is 0.222. The fourth-order valence-electron chi connectivity index (χ4n) is 2.90. The third-order valence-corrected chi connectivity index (χ3v) is 4.51. The third kappa shape index (κ3) is 4.32. The molecular formula is C18H15ClN6O4. The monoisotopic (exact) mass is 414 g/mol. The Morgan fingerprint density at radius 1 is 1.24 bits per heavy atom. The predicted molar refractivity (Wildman–Crippen MR) is 99.7 cm³/mol. The molecule has 0 aliphatic carbocycles. The number of benzene rings is 1. The summed E-state index contributed by atoms with van der Waals surface area (Å²) < 4.78 is 11.7. The van der Waals surface area contributed by atoms with Crippen LogP contribution in [0.4, 0.5) is 0 Å². The van der Waals surface area contributed by atoms with Gasteiger partial charge in [0.05, 0.1) is 12.0 Å². The van der Waals surface area contributed by atoms with Crippen LogP contribution < -0.4 is 0 Å². The number of aromatic nitrogens is 4. The standard InChI is InChI=1S/C18H15ClN6O4/c19-13-5-3-12(4-6-13)14-8-15(16-2-1-7-28-16)25(21-14)17(26)10-29-18(27)9-24-11-20-22-23-24/h1-7,11,15H,8-10H2. The largest absolute Gasteiger partial charge is 0.467 e. The summed E-state index contributed by atoms with van der Waals surface area (Å²) in [5, 5.41) is 16.8. The van der Waals surface area contributed by atoms with Gasteiger partial charge in [-0.1, -0.05) is 23.7 Å². The number of ether oxygens (including phenoxy) is 1. The molecule has 1 aliphatic rings. The minimum absolute atomic E-state index is 0.193. The summed E-state index contributed by atoms with van der Waals surface area (Å²) >= 11 is 5.95. The van der Waals surface area contributed by atoms with Crippen LogP contribution in [0.5, 0.6) is 0 Å². The van der Waals surface area contributed by atoms with E-state index in [1.165, 1.54) is 22.3 Å². The SMILES string of the molecule is O=C(Cn1cnnn1)OCC(=O)N1N=C(c2ccc(Cl)cc2)CC1c1ccco1. The Bertz CT molecular complexity index is 1020. The van der Waals surface area contributed by atoms with Crippen LogP contribution >= 0.6 is 11.6 Å². The van der Waals surface area contributed by atoms with Crippen molar-refractivity contribution in [2.24, 2.45) is 5.10 Å². The van der Waals surface area contributed by atoms with Crippen LogP contribution in [-0.4, -0.2) is 49.4 Å². The van der Waals surface area contributed by atoms with Gasteiger partial charge in [-0.05, 0) is 40.3 Å². The number of esters is 1. The number of rotatable bonds is 6. The van der Waals surface area contributed by atoms with E-state index in [9.17, 15) is 9.59 Å². The van der Waals surface area contributed by atoms with Crippen LogP contribution in [0, 0.1) is 0 Å². The van der Waals surface area contributed by atoms with Gasteiger partial charge in [-0.25, -0.2) is 9.69 Å². The molecule has 1 aromatic carbocycles. The van der Waals surface area contributed by atoms with E-state index in [0.29, 0.717) is 22.9 Å². The average molecular weight is 415 g/mol. The van der Waals surface area contributed by atoms with Gasteiger partial charge in [0, 0.05) is 11.4 Å². The molecule has 10 nitrogen and oxygen atoms in total. The predicted octanol–water partition coefficient (Wildman–Crippen LogP) is 1.84. The van der Waals surface area contributed by atoms with Crippen molar-refractivity contribution in [1.82, 2.24) is 25.2 Å².